The van der Waals surface area contributed by atoms with E-state index in [-0.39, 0.29) is 0 Å². The lowest BCUT2D eigenvalue weighted by Crippen LogP contribution is -2.11. The van der Waals surface area contributed by atoms with Crippen molar-refractivity contribution in [2.75, 3.05) is 4.90 Å². The van der Waals surface area contributed by atoms with E-state index in [9.17, 15) is 0 Å². The number of rotatable bonds is 7. The van der Waals surface area contributed by atoms with Gasteiger partial charge in [0.05, 0.1) is 5.69 Å². The molecule has 0 aliphatic rings. The van der Waals surface area contributed by atoms with E-state index in [2.05, 4.69) is 205 Å². The lowest BCUT2D eigenvalue weighted by molar-refractivity contribution is 0.669. The first-order valence-corrected chi connectivity index (χ1v) is 18.4. The van der Waals surface area contributed by atoms with Crippen molar-refractivity contribution in [2.45, 2.75) is 0 Å². The zero-order chi connectivity index (χ0) is 35.8. The molecule has 0 saturated carbocycles. The van der Waals surface area contributed by atoms with Gasteiger partial charge < -0.3 is 9.32 Å². The molecule has 0 unspecified atom stereocenters. The third kappa shape index (κ3) is 5.62. The Morgan fingerprint density at radius 3 is 1.61 bits per heavy atom. The molecule has 0 spiro atoms. The van der Waals surface area contributed by atoms with Crippen LogP contribution < -0.4 is 4.90 Å². The molecular formula is C52H35NO. The lowest BCUT2D eigenvalue weighted by atomic mass is 9.88. The van der Waals surface area contributed by atoms with Crippen LogP contribution in [0.2, 0.25) is 0 Å². The second kappa shape index (κ2) is 13.4. The van der Waals surface area contributed by atoms with E-state index in [1.807, 2.05) is 12.1 Å². The molecule has 0 saturated heterocycles. The molecule has 254 valence electrons. The van der Waals surface area contributed by atoms with Gasteiger partial charge in [-0.1, -0.05) is 170 Å². The summed E-state index contributed by atoms with van der Waals surface area (Å²) >= 11 is 0. The summed E-state index contributed by atoms with van der Waals surface area (Å²) in [6, 6.07) is 76.0. The number of nitrogens with zero attached hydrogens (tertiary/aromatic N) is 1. The smallest absolute Gasteiger partial charge is 0.137 e. The molecule has 0 fully saturated rings. The van der Waals surface area contributed by atoms with Gasteiger partial charge in [-0.15, -0.1) is 0 Å². The van der Waals surface area contributed by atoms with Crippen molar-refractivity contribution < 1.29 is 4.42 Å². The third-order valence-corrected chi connectivity index (χ3v) is 10.5. The van der Waals surface area contributed by atoms with Crippen molar-refractivity contribution in [3.05, 3.63) is 212 Å². The molecule has 0 aliphatic carbocycles. The summed E-state index contributed by atoms with van der Waals surface area (Å²) in [4.78, 5) is 2.37. The predicted molar refractivity (Wildman–Crippen MR) is 228 cm³/mol. The van der Waals surface area contributed by atoms with Crippen molar-refractivity contribution >= 4 is 49.8 Å². The van der Waals surface area contributed by atoms with E-state index in [1.165, 1.54) is 44.2 Å². The highest BCUT2D eigenvalue weighted by molar-refractivity contribution is 6.07. The summed E-state index contributed by atoms with van der Waals surface area (Å²) in [7, 11) is 0. The maximum atomic E-state index is 6.44. The Hall–Kier alpha value is -7.16. The highest BCUT2D eigenvalue weighted by atomic mass is 16.3. The van der Waals surface area contributed by atoms with Crippen LogP contribution in [0.3, 0.4) is 0 Å². The molecule has 2 heteroatoms. The topological polar surface area (TPSA) is 16.4 Å². The number of anilines is 3. The van der Waals surface area contributed by atoms with Crippen LogP contribution in [0.5, 0.6) is 0 Å². The van der Waals surface area contributed by atoms with Gasteiger partial charge in [-0.2, -0.15) is 0 Å². The minimum Gasteiger partial charge on any atom is -0.456 e. The number of para-hydroxylation sites is 2. The van der Waals surface area contributed by atoms with Crippen molar-refractivity contribution in [2.24, 2.45) is 0 Å². The Labute approximate surface area is 314 Å². The molecule has 0 atom stereocenters. The number of benzene rings is 9. The summed E-state index contributed by atoms with van der Waals surface area (Å²) in [5.74, 6) is 0. The number of hydrogen-bond donors (Lipinski definition) is 0. The first-order valence-electron chi connectivity index (χ1n) is 18.4. The number of furan rings is 1. The fourth-order valence-corrected chi connectivity index (χ4v) is 7.89. The van der Waals surface area contributed by atoms with Gasteiger partial charge in [-0.3, -0.25) is 0 Å². The molecule has 10 aromatic rings. The molecule has 0 N–H and O–H groups in total. The van der Waals surface area contributed by atoms with Crippen LogP contribution in [0.1, 0.15) is 0 Å². The molecule has 10 rings (SSSR count). The molecule has 0 amide bonds. The van der Waals surface area contributed by atoms with E-state index >= 15 is 0 Å². The molecule has 54 heavy (non-hydrogen) atoms. The zero-order valence-electron chi connectivity index (χ0n) is 29.6. The van der Waals surface area contributed by atoms with Crippen molar-refractivity contribution in [3.8, 4) is 44.5 Å². The van der Waals surface area contributed by atoms with E-state index in [4.69, 9.17) is 4.42 Å². The van der Waals surface area contributed by atoms with Gasteiger partial charge in [0.1, 0.15) is 11.2 Å². The summed E-state index contributed by atoms with van der Waals surface area (Å²) in [6.07, 6.45) is 0. The molecule has 2 nitrogen and oxygen atoms in total. The number of fused-ring (bicyclic) bond motifs is 4. The Morgan fingerprint density at radius 2 is 0.815 bits per heavy atom. The summed E-state index contributed by atoms with van der Waals surface area (Å²) in [6.45, 7) is 0. The maximum absolute atomic E-state index is 6.44. The Kier molecular flexibility index (Phi) is 7.85. The quantitative estimate of drug-likeness (QED) is 0.166. The first-order chi connectivity index (χ1) is 26.8. The zero-order valence-corrected chi connectivity index (χ0v) is 29.6. The highest BCUT2D eigenvalue weighted by Crippen LogP contribution is 2.46. The Bertz CT molecular complexity index is 2940. The van der Waals surface area contributed by atoms with Crippen LogP contribution in [0.15, 0.2) is 217 Å². The molecule has 9 aromatic carbocycles. The molecular weight excluding hydrogens is 655 g/mol. The maximum Gasteiger partial charge on any atom is 0.137 e. The van der Waals surface area contributed by atoms with Gasteiger partial charge in [0.25, 0.3) is 0 Å². The van der Waals surface area contributed by atoms with E-state index in [0.717, 1.165) is 50.1 Å². The Balaban J connectivity index is 1.14. The average molecular weight is 690 g/mol. The van der Waals surface area contributed by atoms with Gasteiger partial charge in [0.15, 0.2) is 0 Å². The second-order valence-corrected chi connectivity index (χ2v) is 13.7. The average Bonchev–Trinajstić information content (AvgIpc) is 3.62. The van der Waals surface area contributed by atoms with Crippen molar-refractivity contribution in [1.29, 1.82) is 0 Å². The van der Waals surface area contributed by atoms with Gasteiger partial charge in [0, 0.05) is 33.8 Å². The van der Waals surface area contributed by atoms with Gasteiger partial charge in [-0.05, 0) is 86.1 Å². The van der Waals surface area contributed by atoms with Gasteiger partial charge >= 0.3 is 0 Å². The minimum atomic E-state index is 0.865. The summed E-state index contributed by atoms with van der Waals surface area (Å²) < 4.78 is 6.44. The van der Waals surface area contributed by atoms with E-state index < -0.39 is 0 Å². The van der Waals surface area contributed by atoms with Crippen LogP contribution in [0, 0.1) is 0 Å². The molecule has 0 aliphatic heterocycles. The largest absolute Gasteiger partial charge is 0.456 e. The molecule has 0 bridgehead atoms. The molecule has 0 radical (unpaired) electrons. The van der Waals surface area contributed by atoms with Crippen molar-refractivity contribution in [1.82, 2.24) is 0 Å². The second-order valence-electron chi connectivity index (χ2n) is 13.7. The normalized spacial score (nSPS) is 11.3. The van der Waals surface area contributed by atoms with Crippen LogP contribution in [-0.2, 0) is 0 Å². The fourth-order valence-electron chi connectivity index (χ4n) is 7.89. The van der Waals surface area contributed by atoms with Gasteiger partial charge in [0.2, 0.25) is 0 Å². The van der Waals surface area contributed by atoms with Crippen molar-refractivity contribution in [3.63, 3.8) is 0 Å². The third-order valence-electron chi connectivity index (χ3n) is 10.5. The SMILES string of the molecule is c1ccc(-c2ccc(-c3ccccc3-c3ccccc3-c3ccccc3N(c3ccc4ccccc4c3)c3ccc4c(c3)oc3ccccc34)cc2)cc1. The van der Waals surface area contributed by atoms with Crippen LogP contribution in [0.25, 0.3) is 77.2 Å². The minimum absolute atomic E-state index is 0.865. The van der Waals surface area contributed by atoms with Crippen LogP contribution in [0.4, 0.5) is 17.1 Å². The first kappa shape index (κ1) is 31.6. The van der Waals surface area contributed by atoms with E-state index in [0.29, 0.717) is 0 Å². The molecule has 1 aromatic heterocycles. The summed E-state index contributed by atoms with van der Waals surface area (Å²) in [5.41, 5.74) is 14.4. The highest BCUT2D eigenvalue weighted by Gasteiger charge is 2.21. The monoisotopic (exact) mass is 689 g/mol. The van der Waals surface area contributed by atoms with Crippen LogP contribution >= 0.6 is 0 Å². The van der Waals surface area contributed by atoms with E-state index in [1.54, 1.807) is 0 Å². The standard InChI is InChI=1S/C52H35NO/c1-2-14-36(15-3-1)38-26-28-39(29-27-38)43-18-6-7-19-44(43)45-20-8-9-21-46(45)47-22-10-12-24-50(47)53(41-31-30-37-16-4-5-17-40(37)34-41)42-32-33-49-48-23-11-13-25-51(48)54-52(49)35-42/h1-35H. The fraction of sp³-hybridized carbons (Fsp3) is 0. The predicted octanol–water partition coefficient (Wildman–Crippen LogP) is 14.9. The summed E-state index contributed by atoms with van der Waals surface area (Å²) in [5, 5.41) is 4.63. The Morgan fingerprint density at radius 1 is 0.296 bits per heavy atom. The number of hydrogen-bond acceptors (Lipinski definition) is 2. The lowest BCUT2D eigenvalue weighted by Gasteiger charge is -2.29. The van der Waals surface area contributed by atoms with Gasteiger partial charge in [-0.25, -0.2) is 0 Å². The molecule has 1 heterocycles. The van der Waals surface area contributed by atoms with Crippen LogP contribution in [-0.4, -0.2) is 0 Å².